The molecule has 110 valence electrons. The number of hydrogen-bond acceptors (Lipinski definition) is 4. The number of fused-ring (bicyclic) bond motifs is 1. The number of imidazole rings is 1. The van der Waals surface area contributed by atoms with Crippen LogP contribution in [0.2, 0.25) is 5.02 Å². The third-order valence-electron chi connectivity index (χ3n) is 3.28. The maximum Gasteiger partial charge on any atom is 0.166 e. The minimum Gasteiger partial charge on any atom is -0.399 e. The van der Waals surface area contributed by atoms with Gasteiger partial charge in [0.2, 0.25) is 0 Å². The Balaban J connectivity index is 1.83. The van der Waals surface area contributed by atoms with Crippen molar-refractivity contribution in [3.05, 3.63) is 34.6 Å². The first kappa shape index (κ1) is 14.3. The number of nitrogens with two attached hydrogens (primary N) is 1. The lowest BCUT2D eigenvalue weighted by Crippen LogP contribution is -2.01. The van der Waals surface area contributed by atoms with Crippen molar-refractivity contribution in [3.63, 3.8) is 0 Å². The van der Waals surface area contributed by atoms with Crippen LogP contribution in [-0.2, 0) is 12.3 Å². The van der Waals surface area contributed by atoms with Gasteiger partial charge in [-0.1, -0.05) is 23.4 Å². The number of aryl methyl sites for hydroxylation is 2. The van der Waals surface area contributed by atoms with Crippen LogP contribution in [0.3, 0.4) is 0 Å². The van der Waals surface area contributed by atoms with Gasteiger partial charge in [-0.25, -0.2) is 4.98 Å². The zero-order valence-electron chi connectivity index (χ0n) is 11.9. The molecule has 0 saturated heterocycles. The van der Waals surface area contributed by atoms with Crippen LogP contribution in [0.1, 0.15) is 18.3 Å². The zero-order valence-corrected chi connectivity index (χ0v) is 13.4. The van der Waals surface area contributed by atoms with E-state index in [0.717, 1.165) is 50.6 Å². The maximum atomic E-state index is 6.31. The average molecular weight is 322 g/mol. The number of H-pyrrole nitrogens is 1. The number of hydrogen-bond donors (Lipinski definition) is 2. The fourth-order valence-corrected chi connectivity index (χ4v) is 3.41. The fourth-order valence-electron chi connectivity index (χ4n) is 2.22. The van der Waals surface area contributed by atoms with Gasteiger partial charge >= 0.3 is 0 Å². The third-order valence-corrected chi connectivity index (χ3v) is 4.66. The summed E-state index contributed by atoms with van der Waals surface area (Å²) in [5, 5.41) is 6.01. The Labute approximate surface area is 131 Å². The highest BCUT2D eigenvalue weighted by molar-refractivity contribution is 7.98. The van der Waals surface area contributed by atoms with E-state index in [0.29, 0.717) is 0 Å². The Bertz CT molecular complexity index is 792. The van der Waals surface area contributed by atoms with Crippen molar-refractivity contribution in [3.8, 4) is 0 Å². The molecule has 3 rings (SSSR count). The molecule has 0 spiro atoms. The van der Waals surface area contributed by atoms with Crippen molar-refractivity contribution < 1.29 is 0 Å². The van der Waals surface area contributed by atoms with Gasteiger partial charge in [-0.15, -0.1) is 0 Å². The quantitative estimate of drug-likeness (QED) is 0.568. The van der Waals surface area contributed by atoms with Gasteiger partial charge in [-0.3, -0.25) is 4.68 Å². The molecule has 0 bridgehead atoms. The van der Waals surface area contributed by atoms with E-state index in [9.17, 15) is 0 Å². The molecular weight excluding hydrogens is 306 g/mol. The van der Waals surface area contributed by atoms with Crippen molar-refractivity contribution in [2.75, 3.05) is 5.73 Å². The molecule has 0 atom stereocenters. The number of nitrogens with one attached hydrogen (secondary N) is 1. The van der Waals surface area contributed by atoms with Crippen molar-refractivity contribution >= 4 is 40.1 Å². The van der Waals surface area contributed by atoms with Crippen LogP contribution >= 0.6 is 23.4 Å². The molecule has 2 heterocycles. The Kier molecular flexibility index (Phi) is 3.82. The maximum absolute atomic E-state index is 6.31. The van der Waals surface area contributed by atoms with Gasteiger partial charge in [0.15, 0.2) is 5.16 Å². The molecule has 2 aromatic heterocycles. The molecule has 5 nitrogen and oxygen atoms in total. The highest BCUT2D eigenvalue weighted by Gasteiger charge is 2.13. The van der Waals surface area contributed by atoms with Crippen LogP contribution < -0.4 is 5.73 Å². The lowest BCUT2D eigenvalue weighted by Gasteiger charge is -2.03. The van der Waals surface area contributed by atoms with Gasteiger partial charge < -0.3 is 10.7 Å². The molecule has 21 heavy (non-hydrogen) atoms. The van der Waals surface area contributed by atoms with Crippen LogP contribution in [0.15, 0.2) is 23.4 Å². The predicted octanol–water partition coefficient (Wildman–Crippen LogP) is 3.62. The summed E-state index contributed by atoms with van der Waals surface area (Å²) in [5.74, 6) is 0.725. The summed E-state index contributed by atoms with van der Waals surface area (Å²) in [6.07, 6.45) is 0. The Morgan fingerprint density at radius 1 is 1.43 bits per heavy atom. The van der Waals surface area contributed by atoms with E-state index in [1.165, 1.54) is 0 Å². The smallest absolute Gasteiger partial charge is 0.166 e. The number of aromatic amines is 1. The van der Waals surface area contributed by atoms with Gasteiger partial charge in [0, 0.05) is 18.0 Å². The monoisotopic (exact) mass is 321 g/mol. The first-order valence-electron chi connectivity index (χ1n) is 6.68. The summed E-state index contributed by atoms with van der Waals surface area (Å²) >= 11 is 7.92. The van der Waals surface area contributed by atoms with Crippen LogP contribution in [0.5, 0.6) is 0 Å². The number of anilines is 1. The molecule has 0 unspecified atom stereocenters. The summed E-state index contributed by atoms with van der Waals surface area (Å²) in [4.78, 5) is 7.81. The SMILES string of the molecule is CCn1nc(C)c(Cl)c1CSc1nc2ccc(N)cc2[nH]1. The molecule has 0 aliphatic rings. The van der Waals surface area contributed by atoms with E-state index < -0.39 is 0 Å². The average Bonchev–Trinajstić information content (AvgIpc) is 2.98. The molecular formula is C14H16ClN5S. The van der Waals surface area contributed by atoms with E-state index in [1.54, 1.807) is 11.8 Å². The molecule has 0 fully saturated rings. The molecule has 0 amide bonds. The number of rotatable bonds is 4. The lowest BCUT2D eigenvalue weighted by atomic mass is 10.3. The molecule has 1 aromatic carbocycles. The lowest BCUT2D eigenvalue weighted by molar-refractivity contribution is 0.632. The second-order valence-electron chi connectivity index (χ2n) is 4.77. The summed E-state index contributed by atoms with van der Waals surface area (Å²) in [6.45, 7) is 4.79. The van der Waals surface area contributed by atoms with Crippen LogP contribution in [-0.4, -0.2) is 19.7 Å². The molecule has 0 saturated carbocycles. The van der Waals surface area contributed by atoms with Crippen molar-refractivity contribution in [1.29, 1.82) is 0 Å². The standard InChI is InChI=1S/C14H16ClN5S/c1-3-20-12(13(15)8(2)19-20)7-21-14-17-10-5-4-9(16)6-11(10)18-14/h4-6H,3,7,16H2,1-2H3,(H,17,18). The Morgan fingerprint density at radius 3 is 3.00 bits per heavy atom. The zero-order chi connectivity index (χ0) is 15.0. The number of nitrogen functional groups attached to an aromatic ring is 1. The summed E-state index contributed by atoms with van der Waals surface area (Å²) in [6, 6.07) is 5.66. The number of benzene rings is 1. The molecule has 3 N–H and O–H groups in total. The van der Waals surface area contributed by atoms with Gasteiger partial charge in [0.25, 0.3) is 0 Å². The van der Waals surface area contributed by atoms with E-state index >= 15 is 0 Å². The predicted molar refractivity (Wildman–Crippen MR) is 87.7 cm³/mol. The van der Waals surface area contributed by atoms with Gasteiger partial charge in [-0.2, -0.15) is 5.10 Å². The minimum atomic E-state index is 0.725. The van der Waals surface area contributed by atoms with Gasteiger partial charge in [0.05, 0.1) is 27.4 Å². The number of aromatic nitrogens is 4. The molecule has 3 aromatic rings. The van der Waals surface area contributed by atoms with Gasteiger partial charge in [0.1, 0.15) is 0 Å². The van der Waals surface area contributed by atoms with Gasteiger partial charge in [-0.05, 0) is 32.0 Å². The van der Waals surface area contributed by atoms with E-state index in [1.807, 2.05) is 29.8 Å². The van der Waals surface area contributed by atoms with Crippen LogP contribution in [0.25, 0.3) is 11.0 Å². The second-order valence-corrected chi connectivity index (χ2v) is 6.11. The third kappa shape index (κ3) is 2.73. The van der Waals surface area contributed by atoms with E-state index in [2.05, 4.69) is 22.0 Å². The molecule has 0 aliphatic heterocycles. The highest BCUT2D eigenvalue weighted by atomic mass is 35.5. The van der Waals surface area contributed by atoms with E-state index in [4.69, 9.17) is 17.3 Å². The molecule has 0 aliphatic carbocycles. The Hall–Kier alpha value is -1.66. The fraction of sp³-hybridized carbons (Fsp3) is 0.286. The second kappa shape index (κ2) is 5.61. The van der Waals surface area contributed by atoms with Crippen molar-refractivity contribution in [1.82, 2.24) is 19.7 Å². The number of thioether (sulfide) groups is 1. The van der Waals surface area contributed by atoms with Crippen molar-refractivity contribution in [2.24, 2.45) is 0 Å². The summed E-state index contributed by atoms with van der Waals surface area (Å²) in [7, 11) is 0. The normalized spacial score (nSPS) is 11.4. The van der Waals surface area contributed by atoms with Crippen molar-refractivity contribution in [2.45, 2.75) is 31.3 Å². The van der Waals surface area contributed by atoms with E-state index in [-0.39, 0.29) is 0 Å². The molecule has 0 radical (unpaired) electrons. The minimum absolute atomic E-state index is 0.725. The topological polar surface area (TPSA) is 72.5 Å². The highest BCUT2D eigenvalue weighted by Crippen LogP contribution is 2.28. The number of nitrogens with zero attached hydrogens (tertiary/aromatic N) is 3. The Morgan fingerprint density at radius 2 is 2.24 bits per heavy atom. The first-order valence-corrected chi connectivity index (χ1v) is 8.04. The van der Waals surface area contributed by atoms with Crippen LogP contribution in [0.4, 0.5) is 5.69 Å². The first-order chi connectivity index (χ1) is 10.1. The summed E-state index contributed by atoms with van der Waals surface area (Å²) < 4.78 is 1.94. The molecule has 7 heteroatoms. The largest absolute Gasteiger partial charge is 0.399 e. The summed E-state index contributed by atoms with van der Waals surface area (Å²) in [5.41, 5.74) is 10.3. The van der Waals surface area contributed by atoms with Crippen LogP contribution in [0, 0.1) is 6.92 Å². The number of halogens is 1.